The van der Waals surface area contributed by atoms with Gasteiger partial charge in [0.05, 0.1) is 0 Å². The van der Waals surface area contributed by atoms with E-state index in [9.17, 15) is 0 Å². The number of hydrogen-bond acceptors (Lipinski definition) is 3. The lowest BCUT2D eigenvalue weighted by Gasteiger charge is -2.15. The van der Waals surface area contributed by atoms with E-state index in [0.717, 1.165) is 42.3 Å². The maximum absolute atomic E-state index is 4.50. The molecule has 1 aliphatic heterocycles. The molecule has 0 spiro atoms. The Labute approximate surface area is 113 Å². The van der Waals surface area contributed by atoms with Crippen molar-refractivity contribution in [3.8, 4) is 0 Å². The van der Waals surface area contributed by atoms with Crippen molar-refractivity contribution < 1.29 is 0 Å². The summed E-state index contributed by atoms with van der Waals surface area (Å²) < 4.78 is 0. The zero-order chi connectivity index (χ0) is 12.9. The van der Waals surface area contributed by atoms with Crippen LogP contribution in [0.5, 0.6) is 0 Å². The fourth-order valence-corrected chi connectivity index (χ4v) is 2.13. The molecule has 0 aliphatic carbocycles. The molecule has 0 aromatic heterocycles. The molecule has 3 heteroatoms. The van der Waals surface area contributed by atoms with E-state index in [1.807, 2.05) is 18.2 Å². The van der Waals surface area contributed by atoms with Crippen molar-refractivity contribution in [2.24, 2.45) is 4.99 Å². The summed E-state index contributed by atoms with van der Waals surface area (Å²) in [5.74, 6) is 1.01. The van der Waals surface area contributed by atoms with Crippen molar-refractivity contribution in [2.45, 2.75) is 6.42 Å². The van der Waals surface area contributed by atoms with Crippen LogP contribution >= 0.6 is 0 Å². The Balaban J connectivity index is 1.74. The first-order valence-corrected chi connectivity index (χ1v) is 6.63. The van der Waals surface area contributed by atoms with Crippen molar-refractivity contribution in [3.05, 3.63) is 60.2 Å². The van der Waals surface area contributed by atoms with Gasteiger partial charge in [0.1, 0.15) is 5.84 Å². The zero-order valence-corrected chi connectivity index (χ0v) is 10.8. The molecular weight excluding hydrogens is 234 g/mol. The highest BCUT2D eigenvalue weighted by Gasteiger charge is 2.06. The van der Waals surface area contributed by atoms with Gasteiger partial charge in [-0.1, -0.05) is 18.2 Å². The van der Waals surface area contributed by atoms with Crippen molar-refractivity contribution in [1.82, 2.24) is 5.32 Å². The zero-order valence-electron chi connectivity index (χ0n) is 10.8. The average molecular weight is 251 g/mol. The molecule has 2 aromatic carbocycles. The Hall–Kier alpha value is -2.29. The van der Waals surface area contributed by atoms with Crippen LogP contribution in [-0.4, -0.2) is 18.9 Å². The van der Waals surface area contributed by atoms with Crippen LogP contribution in [0.2, 0.25) is 0 Å². The fraction of sp³-hybridized carbons (Fsp3) is 0.188. The molecule has 0 atom stereocenters. The predicted octanol–water partition coefficient (Wildman–Crippen LogP) is 3.17. The number of para-hydroxylation sites is 1. The largest absolute Gasteiger partial charge is 0.370 e. The highest BCUT2D eigenvalue weighted by molar-refractivity contribution is 5.99. The SMILES string of the molecule is c1ccc(Nc2ccc(C3=NCCCN3)cc2)cc1. The van der Waals surface area contributed by atoms with Gasteiger partial charge in [-0.3, -0.25) is 4.99 Å². The molecule has 3 nitrogen and oxygen atoms in total. The molecule has 2 N–H and O–H groups in total. The Morgan fingerprint density at radius 2 is 1.63 bits per heavy atom. The van der Waals surface area contributed by atoms with E-state index in [4.69, 9.17) is 0 Å². The number of amidine groups is 1. The molecule has 0 saturated carbocycles. The monoisotopic (exact) mass is 251 g/mol. The number of aliphatic imine (C=N–C) groups is 1. The molecule has 0 amide bonds. The van der Waals surface area contributed by atoms with Crippen LogP contribution in [0.15, 0.2) is 59.6 Å². The molecule has 0 fully saturated rings. The van der Waals surface area contributed by atoms with Gasteiger partial charge in [-0.05, 0) is 42.8 Å². The third kappa shape index (κ3) is 2.94. The third-order valence-corrected chi connectivity index (χ3v) is 3.12. The highest BCUT2D eigenvalue weighted by atomic mass is 15.0. The number of benzene rings is 2. The van der Waals surface area contributed by atoms with Crippen molar-refractivity contribution in [1.29, 1.82) is 0 Å². The van der Waals surface area contributed by atoms with Crippen LogP contribution in [0.1, 0.15) is 12.0 Å². The first kappa shape index (κ1) is 11.8. The second kappa shape index (κ2) is 5.57. The number of hydrogen-bond donors (Lipinski definition) is 2. The van der Waals surface area contributed by atoms with Crippen LogP contribution in [-0.2, 0) is 0 Å². The minimum absolute atomic E-state index is 0.923. The van der Waals surface area contributed by atoms with Crippen LogP contribution in [0.25, 0.3) is 0 Å². The fourth-order valence-electron chi connectivity index (χ4n) is 2.13. The van der Waals surface area contributed by atoms with Crippen LogP contribution in [0, 0.1) is 0 Å². The standard InChI is InChI=1S/C16H17N3/c1-2-5-14(6-3-1)19-15-9-7-13(8-10-15)16-17-11-4-12-18-16/h1-3,5-10,19H,4,11-12H2,(H,17,18). The van der Waals surface area contributed by atoms with E-state index in [1.54, 1.807) is 0 Å². The topological polar surface area (TPSA) is 36.4 Å². The number of anilines is 2. The van der Waals surface area contributed by atoms with E-state index in [-0.39, 0.29) is 0 Å². The molecule has 0 unspecified atom stereocenters. The maximum Gasteiger partial charge on any atom is 0.128 e. The van der Waals surface area contributed by atoms with Gasteiger partial charge >= 0.3 is 0 Å². The van der Waals surface area contributed by atoms with Gasteiger partial charge in [-0.15, -0.1) is 0 Å². The van der Waals surface area contributed by atoms with Gasteiger partial charge < -0.3 is 10.6 Å². The van der Waals surface area contributed by atoms with E-state index in [0.29, 0.717) is 0 Å². The van der Waals surface area contributed by atoms with Crippen molar-refractivity contribution >= 4 is 17.2 Å². The van der Waals surface area contributed by atoms with Crippen molar-refractivity contribution in [2.75, 3.05) is 18.4 Å². The summed E-state index contributed by atoms with van der Waals surface area (Å²) >= 11 is 0. The Morgan fingerprint density at radius 3 is 2.32 bits per heavy atom. The van der Waals surface area contributed by atoms with Gasteiger partial charge in [0, 0.05) is 30.0 Å². The van der Waals surface area contributed by atoms with Gasteiger partial charge in [0.15, 0.2) is 0 Å². The summed E-state index contributed by atoms with van der Waals surface area (Å²) in [5.41, 5.74) is 3.34. The molecular formula is C16H17N3. The number of rotatable bonds is 3. The Bertz CT molecular complexity index is 558. The molecule has 1 heterocycles. The molecule has 0 radical (unpaired) electrons. The summed E-state index contributed by atoms with van der Waals surface area (Å²) in [6, 6.07) is 18.5. The molecule has 1 aliphatic rings. The highest BCUT2D eigenvalue weighted by Crippen LogP contribution is 2.17. The van der Waals surface area contributed by atoms with Crippen molar-refractivity contribution in [3.63, 3.8) is 0 Å². The summed E-state index contributed by atoms with van der Waals surface area (Å²) in [6.45, 7) is 1.94. The molecule has 2 aromatic rings. The lowest BCUT2D eigenvalue weighted by atomic mass is 10.1. The second-order valence-electron chi connectivity index (χ2n) is 4.58. The Morgan fingerprint density at radius 1 is 0.895 bits per heavy atom. The van der Waals surface area contributed by atoms with E-state index in [2.05, 4.69) is 52.0 Å². The third-order valence-electron chi connectivity index (χ3n) is 3.12. The quantitative estimate of drug-likeness (QED) is 0.879. The Kier molecular flexibility index (Phi) is 3.45. The molecule has 0 bridgehead atoms. The van der Waals surface area contributed by atoms with Gasteiger partial charge in [-0.2, -0.15) is 0 Å². The number of nitrogens with one attached hydrogen (secondary N) is 2. The second-order valence-corrected chi connectivity index (χ2v) is 4.58. The molecule has 96 valence electrons. The van der Waals surface area contributed by atoms with Crippen LogP contribution < -0.4 is 10.6 Å². The predicted molar refractivity (Wildman–Crippen MR) is 80.2 cm³/mol. The smallest absolute Gasteiger partial charge is 0.128 e. The summed E-state index contributed by atoms with van der Waals surface area (Å²) in [6.07, 6.45) is 1.12. The first-order valence-electron chi connectivity index (χ1n) is 6.63. The maximum atomic E-state index is 4.50. The van der Waals surface area contributed by atoms with Crippen LogP contribution in [0.4, 0.5) is 11.4 Å². The summed E-state index contributed by atoms with van der Waals surface area (Å²) in [5, 5.41) is 6.71. The van der Waals surface area contributed by atoms with Gasteiger partial charge in [0.2, 0.25) is 0 Å². The van der Waals surface area contributed by atoms with E-state index < -0.39 is 0 Å². The lowest BCUT2D eigenvalue weighted by Crippen LogP contribution is -2.30. The molecule has 19 heavy (non-hydrogen) atoms. The molecule has 3 rings (SSSR count). The summed E-state index contributed by atoms with van der Waals surface area (Å²) in [4.78, 5) is 4.50. The lowest BCUT2D eigenvalue weighted by molar-refractivity contribution is 0.742. The van der Waals surface area contributed by atoms with Gasteiger partial charge in [0.25, 0.3) is 0 Å². The van der Waals surface area contributed by atoms with E-state index >= 15 is 0 Å². The summed E-state index contributed by atoms with van der Waals surface area (Å²) in [7, 11) is 0. The minimum Gasteiger partial charge on any atom is -0.370 e. The van der Waals surface area contributed by atoms with Crippen LogP contribution in [0.3, 0.4) is 0 Å². The average Bonchev–Trinajstić information content (AvgIpc) is 2.50. The molecule has 0 saturated heterocycles. The van der Waals surface area contributed by atoms with Gasteiger partial charge in [-0.25, -0.2) is 0 Å². The number of nitrogens with zero attached hydrogens (tertiary/aromatic N) is 1. The van der Waals surface area contributed by atoms with E-state index in [1.165, 1.54) is 0 Å². The minimum atomic E-state index is 0.923. The first-order chi connectivity index (χ1) is 9.42. The normalized spacial score (nSPS) is 14.4.